The number of benzene rings is 3. The Labute approximate surface area is 232 Å². The van der Waals surface area contributed by atoms with Crippen molar-refractivity contribution < 1.29 is 16.8 Å². The number of amidine groups is 1. The molecular formula is C29H36N4O4S2. The second-order valence-corrected chi connectivity index (χ2v) is 13.7. The molecule has 1 heterocycles. The van der Waals surface area contributed by atoms with E-state index in [1.54, 1.807) is 48.5 Å². The fraction of sp³-hybridized carbons (Fsp3) is 0.345. The first-order chi connectivity index (χ1) is 18.5. The van der Waals surface area contributed by atoms with Crippen LogP contribution in [0.1, 0.15) is 30.5 Å². The summed E-state index contributed by atoms with van der Waals surface area (Å²) in [7, 11) is -7.84. The number of sulfonamides is 2. The van der Waals surface area contributed by atoms with Gasteiger partial charge in [0.15, 0.2) is 0 Å². The van der Waals surface area contributed by atoms with E-state index in [2.05, 4.69) is 9.71 Å². The Balaban J connectivity index is 1.69. The monoisotopic (exact) mass is 568 g/mol. The van der Waals surface area contributed by atoms with Crippen LogP contribution >= 0.6 is 0 Å². The summed E-state index contributed by atoms with van der Waals surface area (Å²) in [6, 6.07) is 23.1. The summed E-state index contributed by atoms with van der Waals surface area (Å²) in [5.74, 6) is 0.154. The lowest BCUT2D eigenvalue weighted by Gasteiger charge is -2.34. The van der Waals surface area contributed by atoms with Gasteiger partial charge in [-0.1, -0.05) is 79.6 Å². The van der Waals surface area contributed by atoms with Crippen LogP contribution in [0.15, 0.2) is 93.1 Å². The van der Waals surface area contributed by atoms with Crippen LogP contribution in [-0.2, 0) is 26.6 Å². The zero-order valence-corrected chi connectivity index (χ0v) is 24.4. The van der Waals surface area contributed by atoms with Crippen molar-refractivity contribution in [2.45, 2.75) is 50.2 Å². The highest BCUT2D eigenvalue weighted by atomic mass is 32.2. The summed E-state index contributed by atoms with van der Waals surface area (Å²) in [5, 5.41) is 3.31. The van der Waals surface area contributed by atoms with E-state index in [1.165, 1.54) is 4.31 Å². The number of nitrogens with one attached hydrogen (secondary N) is 1. The molecule has 1 saturated heterocycles. The molecular weight excluding hydrogens is 532 g/mol. The van der Waals surface area contributed by atoms with Crippen molar-refractivity contribution in [3.63, 3.8) is 0 Å². The lowest BCUT2D eigenvalue weighted by molar-refractivity contribution is 0.210. The van der Waals surface area contributed by atoms with Crippen molar-refractivity contribution in [3.05, 3.63) is 95.6 Å². The Bertz CT molecular complexity index is 1500. The van der Waals surface area contributed by atoms with Gasteiger partial charge in [-0.3, -0.25) is 0 Å². The van der Waals surface area contributed by atoms with Crippen molar-refractivity contribution in [3.8, 4) is 0 Å². The predicted molar refractivity (Wildman–Crippen MR) is 154 cm³/mol. The maximum Gasteiger partial charge on any atom is 0.283 e. The number of hydrogen-bond acceptors (Lipinski definition) is 5. The third-order valence-electron chi connectivity index (χ3n) is 6.73. The predicted octanol–water partition coefficient (Wildman–Crippen LogP) is 4.17. The van der Waals surface area contributed by atoms with Gasteiger partial charge >= 0.3 is 0 Å². The molecule has 8 nitrogen and oxygen atoms in total. The summed E-state index contributed by atoms with van der Waals surface area (Å²) in [5.41, 5.74) is 2.96. The first-order valence-electron chi connectivity index (χ1n) is 13.0. The van der Waals surface area contributed by atoms with Gasteiger partial charge in [0.1, 0.15) is 5.84 Å². The molecule has 3 aromatic carbocycles. The van der Waals surface area contributed by atoms with Gasteiger partial charge in [-0.15, -0.1) is 4.40 Å². The average molecular weight is 569 g/mol. The zero-order valence-electron chi connectivity index (χ0n) is 22.8. The SMILES string of the molecule is Cc1ccc(S(=O)(=O)N=C(CNCc2ccccc2)N2CCN(S(=O)(=O)c3ccc(C)cc3)C2C(C)C)cc1. The highest BCUT2D eigenvalue weighted by Gasteiger charge is 2.43. The Hall–Kier alpha value is -3.05. The summed E-state index contributed by atoms with van der Waals surface area (Å²) < 4.78 is 59.9. The Kier molecular flexibility index (Phi) is 8.90. The molecule has 1 fully saturated rings. The molecule has 1 N–H and O–H groups in total. The van der Waals surface area contributed by atoms with Gasteiger partial charge in [0.25, 0.3) is 10.0 Å². The normalized spacial score (nSPS) is 17.2. The Morgan fingerprint density at radius 1 is 0.846 bits per heavy atom. The third kappa shape index (κ3) is 6.75. The molecule has 0 radical (unpaired) electrons. The maximum atomic E-state index is 13.7. The van der Waals surface area contributed by atoms with E-state index in [1.807, 2.05) is 62.9 Å². The fourth-order valence-corrected chi connectivity index (χ4v) is 7.46. The molecule has 0 spiro atoms. The van der Waals surface area contributed by atoms with Crippen LogP contribution in [0.25, 0.3) is 0 Å². The van der Waals surface area contributed by atoms with Crippen LogP contribution in [0, 0.1) is 19.8 Å². The molecule has 1 aliphatic heterocycles. The minimum atomic E-state index is -4.03. The summed E-state index contributed by atoms with van der Waals surface area (Å²) in [6.45, 7) is 8.88. The minimum Gasteiger partial charge on any atom is -0.340 e. The molecule has 0 bridgehead atoms. The van der Waals surface area contributed by atoms with Gasteiger partial charge in [0.05, 0.1) is 22.5 Å². The lowest BCUT2D eigenvalue weighted by atomic mass is 10.1. The lowest BCUT2D eigenvalue weighted by Crippen LogP contribution is -2.49. The van der Waals surface area contributed by atoms with Crippen molar-refractivity contribution in [2.24, 2.45) is 10.3 Å². The summed E-state index contributed by atoms with van der Waals surface area (Å²) in [4.78, 5) is 2.13. The van der Waals surface area contributed by atoms with E-state index in [-0.39, 0.29) is 34.6 Å². The van der Waals surface area contributed by atoms with Crippen LogP contribution in [0.3, 0.4) is 0 Å². The molecule has 1 aliphatic rings. The second-order valence-electron chi connectivity index (χ2n) is 10.2. The fourth-order valence-electron chi connectivity index (χ4n) is 4.71. The summed E-state index contributed by atoms with van der Waals surface area (Å²) >= 11 is 0. The Morgan fingerprint density at radius 3 is 1.97 bits per heavy atom. The molecule has 0 aliphatic carbocycles. The van der Waals surface area contributed by atoms with E-state index < -0.39 is 26.2 Å². The van der Waals surface area contributed by atoms with Gasteiger partial charge in [-0.05, 0) is 49.6 Å². The molecule has 39 heavy (non-hydrogen) atoms. The van der Waals surface area contributed by atoms with Gasteiger partial charge in [0.2, 0.25) is 10.0 Å². The van der Waals surface area contributed by atoms with Crippen molar-refractivity contribution in [1.29, 1.82) is 0 Å². The standard InChI is InChI=1S/C29H36N4O4S2/c1-22(2)29-32(18-19-33(29)39(36,37)27-16-12-24(4)13-17-27)28(21-30-20-25-8-6-5-7-9-25)31-38(34,35)26-14-10-23(3)11-15-26/h5-17,22,29-30H,18-21H2,1-4H3. The molecule has 1 atom stereocenters. The number of hydrogen-bond donors (Lipinski definition) is 1. The van der Waals surface area contributed by atoms with Crippen LogP contribution in [0.5, 0.6) is 0 Å². The summed E-state index contributed by atoms with van der Waals surface area (Å²) in [6.07, 6.45) is -0.596. The average Bonchev–Trinajstić information content (AvgIpc) is 3.36. The minimum absolute atomic E-state index is 0.0955. The van der Waals surface area contributed by atoms with Crippen molar-refractivity contribution >= 4 is 25.9 Å². The largest absolute Gasteiger partial charge is 0.340 e. The van der Waals surface area contributed by atoms with Crippen molar-refractivity contribution in [1.82, 2.24) is 14.5 Å². The molecule has 0 saturated carbocycles. The number of rotatable bonds is 9. The van der Waals surface area contributed by atoms with Crippen LogP contribution < -0.4 is 5.32 Å². The molecule has 10 heteroatoms. The highest BCUT2D eigenvalue weighted by Crippen LogP contribution is 2.29. The smallest absolute Gasteiger partial charge is 0.283 e. The topological polar surface area (TPSA) is 99.2 Å². The maximum absolute atomic E-state index is 13.7. The number of aryl methyl sites for hydroxylation is 2. The van der Waals surface area contributed by atoms with Gasteiger partial charge in [-0.2, -0.15) is 12.7 Å². The first-order valence-corrected chi connectivity index (χ1v) is 15.9. The Morgan fingerprint density at radius 2 is 1.41 bits per heavy atom. The van der Waals surface area contributed by atoms with Crippen molar-refractivity contribution in [2.75, 3.05) is 19.6 Å². The van der Waals surface area contributed by atoms with Crippen LogP contribution in [0.2, 0.25) is 0 Å². The first kappa shape index (κ1) is 28.9. The van der Waals surface area contributed by atoms with Gasteiger partial charge in [0, 0.05) is 19.6 Å². The third-order valence-corrected chi connectivity index (χ3v) is 9.93. The molecule has 208 valence electrons. The molecule has 0 aromatic heterocycles. The molecule has 4 rings (SSSR count). The van der Waals surface area contributed by atoms with E-state index >= 15 is 0 Å². The van der Waals surface area contributed by atoms with Crippen LogP contribution in [-0.4, -0.2) is 57.7 Å². The van der Waals surface area contributed by atoms with Crippen LogP contribution in [0.4, 0.5) is 0 Å². The van der Waals surface area contributed by atoms with Gasteiger partial charge < -0.3 is 10.2 Å². The van der Waals surface area contributed by atoms with E-state index in [9.17, 15) is 16.8 Å². The van der Waals surface area contributed by atoms with E-state index in [0.717, 1.165) is 16.7 Å². The van der Waals surface area contributed by atoms with Gasteiger partial charge in [-0.25, -0.2) is 8.42 Å². The molecule has 1 unspecified atom stereocenters. The second kappa shape index (κ2) is 12.0. The quantitative estimate of drug-likeness (QED) is 0.307. The molecule has 0 amide bonds. The van der Waals surface area contributed by atoms with E-state index in [0.29, 0.717) is 13.1 Å². The van der Waals surface area contributed by atoms with E-state index in [4.69, 9.17) is 0 Å². The highest BCUT2D eigenvalue weighted by molar-refractivity contribution is 7.90. The molecule has 3 aromatic rings. The number of nitrogens with zero attached hydrogens (tertiary/aromatic N) is 3. The zero-order chi connectivity index (χ0) is 28.2.